The van der Waals surface area contributed by atoms with Crippen molar-refractivity contribution in [2.24, 2.45) is 11.7 Å². The Kier molecular flexibility index (Phi) is 5.91. The molecule has 0 saturated carbocycles. The van der Waals surface area contributed by atoms with Crippen molar-refractivity contribution in [3.8, 4) is 0 Å². The number of thioether (sulfide) groups is 1. The smallest absolute Gasteiger partial charge is 0.0948 e. The fraction of sp³-hybridized carbons (Fsp3) is 0.750. The second-order valence-corrected chi connectivity index (χ2v) is 5.58. The van der Waals surface area contributed by atoms with E-state index in [1.165, 1.54) is 17.9 Å². The summed E-state index contributed by atoms with van der Waals surface area (Å²) in [4.78, 5) is 4.21. The van der Waals surface area contributed by atoms with E-state index in [0.29, 0.717) is 5.92 Å². The van der Waals surface area contributed by atoms with Crippen LogP contribution in [0.1, 0.15) is 38.4 Å². The first-order valence-electron chi connectivity index (χ1n) is 5.89. The summed E-state index contributed by atoms with van der Waals surface area (Å²) in [7, 11) is 0. The topological polar surface area (TPSA) is 43.8 Å². The highest BCUT2D eigenvalue weighted by atomic mass is 32.2. The van der Waals surface area contributed by atoms with E-state index in [2.05, 4.69) is 29.7 Å². The van der Waals surface area contributed by atoms with Crippen molar-refractivity contribution < 1.29 is 0 Å². The molecule has 92 valence electrons. The van der Waals surface area contributed by atoms with Gasteiger partial charge in [0.05, 0.1) is 12.0 Å². The molecule has 1 rings (SSSR count). The first-order chi connectivity index (χ1) is 7.65. The average Bonchev–Trinajstić information content (AvgIpc) is 2.65. The highest BCUT2D eigenvalue weighted by Crippen LogP contribution is 2.18. The highest BCUT2D eigenvalue weighted by molar-refractivity contribution is 7.98. The standard InChI is InChI=1S/C12H23N3S/c1-10(2)7-11(13)12-8-14-9-15(12)5-4-6-16-3/h8-11H,4-7,13H2,1-3H3. The van der Waals surface area contributed by atoms with E-state index < -0.39 is 0 Å². The average molecular weight is 241 g/mol. The normalized spacial score (nSPS) is 13.3. The van der Waals surface area contributed by atoms with E-state index in [-0.39, 0.29) is 6.04 Å². The Labute approximate surface area is 103 Å². The van der Waals surface area contributed by atoms with Gasteiger partial charge in [0.2, 0.25) is 0 Å². The Morgan fingerprint density at radius 1 is 1.50 bits per heavy atom. The largest absolute Gasteiger partial charge is 0.333 e. The van der Waals surface area contributed by atoms with Gasteiger partial charge >= 0.3 is 0 Å². The maximum Gasteiger partial charge on any atom is 0.0948 e. The van der Waals surface area contributed by atoms with Crippen molar-refractivity contribution in [3.05, 3.63) is 18.2 Å². The van der Waals surface area contributed by atoms with Crippen LogP contribution in [0.4, 0.5) is 0 Å². The van der Waals surface area contributed by atoms with Gasteiger partial charge in [-0.15, -0.1) is 0 Å². The number of hydrogen-bond acceptors (Lipinski definition) is 3. The van der Waals surface area contributed by atoms with Crippen LogP contribution in [-0.2, 0) is 6.54 Å². The first-order valence-corrected chi connectivity index (χ1v) is 7.29. The Hall–Kier alpha value is -0.480. The molecule has 1 aromatic rings. The molecule has 0 aromatic carbocycles. The third-order valence-electron chi connectivity index (χ3n) is 2.60. The third kappa shape index (κ3) is 4.18. The van der Waals surface area contributed by atoms with Crippen molar-refractivity contribution >= 4 is 11.8 Å². The lowest BCUT2D eigenvalue weighted by Crippen LogP contribution is -2.17. The summed E-state index contributed by atoms with van der Waals surface area (Å²) < 4.78 is 2.20. The summed E-state index contributed by atoms with van der Waals surface area (Å²) >= 11 is 1.88. The second-order valence-electron chi connectivity index (χ2n) is 4.59. The Morgan fingerprint density at radius 2 is 2.25 bits per heavy atom. The summed E-state index contributed by atoms with van der Waals surface area (Å²) in [5.74, 6) is 1.82. The number of nitrogens with zero attached hydrogens (tertiary/aromatic N) is 2. The second kappa shape index (κ2) is 6.97. The molecule has 0 radical (unpaired) electrons. The number of aromatic nitrogens is 2. The minimum atomic E-state index is 0.122. The van der Waals surface area contributed by atoms with Gasteiger partial charge in [-0.1, -0.05) is 13.8 Å². The van der Waals surface area contributed by atoms with Gasteiger partial charge in [0, 0.05) is 18.8 Å². The van der Waals surface area contributed by atoms with Crippen LogP contribution in [0, 0.1) is 5.92 Å². The molecule has 16 heavy (non-hydrogen) atoms. The molecule has 0 aliphatic heterocycles. The Balaban J connectivity index is 2.55. The van der Waals surface area contributed by atoms with Gasteiger partial charge in [-0.2, -0.15) is 11.8 Å². The summed E-state index contributed by atoms with van der Waals surface area (Å²) in [5.41, 5.74) is 7.36. The van der Waals surface area contributed by atoms with Crippen LogP contribution in [-0.4, -0.2) is 21.6 Å². The zero-order valence-corrected chi connectivity index (χ0v) is 11.3. The quantitative estimate of drug-likeness (QED) is 0.746. The van der Waals surface area contributed by atoms with E-state index in [4.69, 9.17) is 5.73 Å². The maximum absolute atomic E-state index is 6.18. The molecule has 1 unspecified atom stereocenters. The first kappa shape index (κ1) is 13.6. The highest BCUT2D eigenvalue weighted by Gasteiger charge is 2.12. The van der Waals surface area contributed by atoms with E-state index in [0.717, 1.165) is 13.0 Å². The van der Waals surface area contributed by atoms with Crippen molar-refractivity contribution in [3.63, 3.8) is 0 Å². The molecule has 0 aliphatic rings. The Morgan fingerprint density at radius 3 is 2.88 bits per heavy atom. The molecule has 1 atom stereocenters. The van der Waals surface area contributed by atoms with Gasteiger partial charge in [0.1, 0.15) is 0 Å². The van der Waals surface area contributed by atoms with Crippen LogP contribution in [0.3, 0.4) is 0 Å². The number of nitrogens with two attached hydrogens (primary N) is 1. The van der Waals surface area contributed by atoms with E-state index in [1.807, 2.05) is 24.3 Å². The van der Waals surface area contributed by atoms with Gasteiger partial charge in [-0.25, -0.2) is 4.98 Å². The molecule has 0 bridgehead atoms. The summed E-state index contributed by atoms with van der Waals surface area (Å²) in [5, 5.41) is 0. The lowest BCUT2D eigenvalue weighted by Gasteiger charge is -2.16. The Bertz CT molecular complexity index is 296. The van der Waals surface area contributed by atoms with E-state index in [9.17, 15) is 0 Å². The predicted octanol–water partition coefficient (Wildman–Crippen LogP) is 2.68. The van der Waals surface area contributed by atoms with Crippen molar-refractivity contribution in [1.29, 1.82) is 0 Å². The third-order valence-corrected chi connectivity index (χ3v) is 3.29. The molecule has 0 fully saturated rings. The van der Waals surface area contributed by atoms with Crippen molar-refractivity contribution in [1.82, 2.24) is 9.55 Å². The van der Waals surface area contributed by atoms with Crippen LogP contribution in [0.25, 0.3) is 0 Å². The molecule has 0 spiro atoms. The lowest BCUT2D eigenvalue weighted by molar-refractivity contribution is 0.482. The van der Waals surface area contributed by atoms with Gasteiger partial charge in [0.25, 0.3) is 0 Å². The fourth-order valence-electron chi connectivity index (χ4n) is 1.83. The van der Waals surface area contributed by atoms with Crippen molar-refractivity contribution in [2.75, 3.05) is 12.0 Å². The zero-order chi connectivity index (χ0) is 12.0. The van der Waals surface area contributed by atoms with Gasteiger partial charge in [-0.3, -0.25) is 0 Å². The number of rotatable bonds is 7. The molecule has 1 heterocycles. The summed E-state index contributed by atoms with van der Waals surface area (Å²) in [6.45, 7) is 5.44. The molecular weight excluding hydrogens is 218 g/mol. The maximum atomic E-state index is 6.18. The van der Waals surface area contributed by atoms with Crippen LogP contribution in [0.2, 0.25) is 0 Å². The minimum Gasteiger partial charge on any atom is -0.333 e. The molecule has 0 aliphatic carbocycles. The van der Waals surface area contributed by atoms with Gasteiger partial charge < -0.3 is 10.3 Å². The zero-order valence-electron chi connectivity index (χ0n) is 10.5. The lowest BCUT2D eigenvalue weighted by atomic mass is 10.0. The molecule has 4 heteroatoms. The fourth-order valence-corrected chi connectivity index (χ4v) is 2.25. The van der Waals surface area contributed by atoms with Crippen LogP contribution in [0.5, 0.6) is 0 Å². The minimum absolute atomic E-state index is 0.122. The molecule has 3 nitrogen and oxygen atoms in total. The predicted molar refractivity (Wildman–Crippen MR) is 71.6 cm³/mol. The molecular formula is C12H23N3S. The van der Waals surface area contributed by atoms with Crippen LogP contribution < -0.4 is 5.73 Å². The van der Waals surface area contributed by atoms with Gasteiger partial charge in [-0.05, 0) is 30.8 Å². The molecule has 0 amide bonds. The molecule has 0 saturated heterocycles. The molecule has 2 N–H and O–H groups in total. The number of aryl methyl sites for hydroxylation is 1. The van der Waals surface area contributed by atoms with Gasteiger partial charge in [0.15, 0.2) is 0 Å². The van der Waals surface area contributed by atoms with Crippen LogP contribution >= 0.6 is 11.8 Å². The summed E-state index contributed by atoms with van der Waals surface area (Å²) in [6.07, 6.45) is 8.15. The summed E-state index contributed by atoms with van der Waals surface area (Å²) in [6, 6.07) is 0.122. The monoisotopic (exact) mass is 241 g/mol. The van der Waals surface area contributed by atoms with E-state index in [1.54, 1.807) is 0 Å². The number of hydrogen-bond donors (Lipinski definition) is 1. The van der Waals surface area contributed by atoms with Crippen molar-refractivity contribution in [2.45, 2.75) is 39.3 Å². The van der Waals surface area contributed by atoms with E-state index >= 15 is 0 Å². The van der Waals surface area contributed by atoms with Crippen LogP contribution in [0.15, 0.2) is 12.5 Å². The number of imidazole rings is 1. The SMILES string of the molecule is CSCCCn1cncc1C(N)CC(C)C. The molecule has 1 aromatic heterocycles.